The van der Waals surface area contributed by atoms with Crippen molar-refractivity contribution in [1.82, 2.24) is 4.90 Å². The summed E-state index contributed by atoms with van der Waals surface area (Å²) in [7, 11) is 0. The van der Waals surface area contributed by atoms with Gasteiger partial charge in [-0.15, -0.1) is 0 Å². The maximum absolute atomic E-state index is 6.15. The van der Waals surface area contributed by atoms with Gasteiger partial charge in [0.1, 0.15) is 0 Å². The molecule has 23 heavy (non-hydrogen) atoms. The zero-order valence-electron chi connectivity index (χ0n) is 13.9. The number of benzene rings is 1. The maximum Gasteiger partial charge on any atom is 0.193 e. The molecule has 3 N–H and O–H groups in total. The lowest BCUT2D eigenvalue weighted by Crippen LogP contribution is -2.26. The maximum atomic E-state index is 6.15. The molecule has 1 aromatic carbocycles. The largest absolute Gasteiger partial charge is 0.370 e. The first kappa shape index (κ1) is 15.0. The molecule has 124 valence electrons. The molecule has 2 aliphatic carbocycles. The number of guanidine groups is 1. The summed E-state index contributed by atoms with van der Waals surface area (Å²) in [6.07, 6.45) is 9.01. The highest BCUT2D eigenvalue weighted by molar-refractivity contribution is 5.93. The minimum absolute atomic E-state index is 0.578. The number of aryl methyl sites for hydroxylation is 1. The zero-order valence-corrected chi connectivity index (χ0v) is 13.9. The molecule has 1 atom stereocenters. The van der Waals surface area contributed by atoms with Gasteiger partial charge in [-0.1, -0.05) is 12.1 Å². The summed E-state index contributed by atoms with van der Waals surface area (Å²) in [4.78, 5) is 7.26. The first-order valence-electron chi connectivity index (χ1n) is 9.21. The third-order valence-corrected chi connectivity index (χ3v) is 5.56. The number of hydrogen-bond acceptors (Lipinski definition) is 2. The highest BCUT2D eigenvalue weighted by Gasteiger charge is 2.34. The lowest BCUT2D eigenvalue weighted by atomic mass is 9.90. The molecular formula is C19H28N4. The molecule has 1 saturated heterocycles. The highest BCUT2D eigenvalue weighted by Crippen LogP contribution is 2.32. The fourth-order valence-corrected chi connectivity index (χ4v) is 4.09. The predicted molar refractivity (Wildman–Crippen MR) is 95.9 cm³/mol. The van der Waals surface area contributed by atoms with Crippen LogP contribution in [0.5, 0.6) is 0 Å². The number of rotatable bonds is 4. The zero-order chi connectivity index (χ0) is 15.6. The Morgan fingerprint density at radius 3 is 2.96 bits per heavy atom. The topological polar surface area (TPSA) is 53.6 Å². The first-order chi connectivity index (χ1) is 11.3. The van der Waals surface area contributed by atoms with Crippen LogP contribution in [0.25, 0.3) is 0 Å². The molecule has 2 fully saturated rings. The molecule has 1 saturated carbocycles. The Morgan fingerprint density at radius 2 is 2.09 bits per heavy atom. The fraction of sp³-hybridized carbons (Fsp3) is 0.632. The van der Waals surface area contributed by atoms with E-state index in [1.165, 1.54) is 62.7 Å². The molecule has 3 aliphatic rings. The Kier molecular flexibility index (Phi) is 4.25. The Bertz CT molecular complexity index is 591. The second-order valence-electron chi connectivity index (χ2n) is 7.38. The number of fused-ring (bicyclic) bond motifs is 1. The fourth-order valence-electron chi connectivity index (χ4n) is 4.09. The van der Waals surface area contributed by atoms with Crippen molar-refractivity contribution < 1.29 is 0 Å². The van der Waals surface area contributed by atoms with E-state index in [-0.39, 0.29) is 0 Å². The molecule has 0 aromatic heterocycles. The van der Waals surface area contributed by atoms with Gasteiger partial charge in [0.25, 0.3) is 0 Å². The summed E-state index contributed by atoms with van der Waals surface area (Å²) in [5, 5.41) is 3.35. The second-order valence-corrected chi connectivity index (χ2v) is 7.38. The van der Waals surface area contributed by atoms with Gasteiger partial charge in [0.15, 0.2) is 5.96 Å². The normalized spacial score (nSPS) is 25.4. The van der Waals surface area contributed by atoms with Crippen molar-refractivity contribution in [2.45, 2.75) is 51.0 Å². The van der Waals surface area contributed by atoms with E-state index in [0.29, 0.717) is 11.9 Å². The molecular weight excluding hydrogens is 284 g/mol. The van der Waals surface area contributed by atoms with E-state index in [1.54, 1.807) is 0 Å². The lowest BCUT2D eigenvalue weighted by Gasteiger charge is -2.20. The molecule has 0 amide bonds. The Labute approximate surface area is 139 Å². The van der Waals surface area contributed by atoms with Crippen molar-refractivity contribution in [3.05, 3.63) is 29.3 Å². The monoisotopic (exact) mass is 312 g/mol. The first-order valence-corrected chi connectivity index (χ1v) is 9.21. The summed E-state index contributed by atoms with van der Waals surface area (Å²) in [6, 6.07) is 7.40. The van der Waals surface area contributed by atoms with Crippen LogP contribution in [0.2, 0.25) is 0 Å². The summed E-state index contributed by atoms with van der Waals surface area (Å²) in [5.74, 6) is 1.26. The van der Waals surface area contributed by atoms with E-state index >= 15 is 0 Å². The van der Waals surface area contributed by atoms with Crippen LogP contribution in [-0.4, -0.2) is 36.5 Å². The lowest BCUT2D eigenvalue weighted by molar-refractivity contribution is 0.315. The van der Waals surface area contributed by atoms with E-state index < -0.39 is 0 Å². The third-order valence-electron chi connectivity index (χ3n) is 5.56. The molecule has 4 heteroatoms. The minimum atomic E-state index is 0.578. The van der Waals surface area contributed by atoms with Gasteiger partial charge in [-0.2, -0.15) is 0 Å². The van der Waals surface area contributed by atoms with Crippen molar-refractivity contribution in [3.8, 4) is 0 Å². The molecule has 1 heterocycles. The molecule has 1 unspecified atom stereocenters. The van der Waals surface area contributed by atoms with E-state index in [2.05, 4.69) is 33.4 Å². The van der Waals surface area contributed by atoms with Gasteiger partial charge in [0.2, 0.25) is 0 Å². The number of anilines is 1. The van der Waals surface area contributed by atoms with Gasteiger partial charge >= 0.3 is 0 Å². The smallest absolute Gasteiger partial charge is 0.193 e. The summed E-state index contributed by atoms with van der Waals surface area (Å²) in [5.41, 5.74) is 10.2. The molecule has 1 aliphatic heterocycles. The molecule has 0 spiro atoms. The SMILES string of the molecule is NC(=NCC1CCN(C2CC2)C1)Nc1cccc2c1CCCC2. The Hall–Kier alpha value is -1.55. The molecule has 4 rings (SSSR count). The average Bonchev–Trinajstić information content (AvgIpc) is 3.32. The molecule has 1 aromatic rings. The Balaban J connectivity index is 1.35. The van der Waals surface area contributed by atoms with E-state index in [9.17, 15) is 0 Å². The highest BCUT2D eigenvalue weighted by atomic mass is 15.2. The van der Waals surface area contributed by atoms with Crippen molar-refractivity contribution in [1.29, 1.82) is 0 Å². The third kappa shape index (κ3) is 3.52. The molecule has 0 radical (unpaired) electrons. The van der Waals surface area contributed by atoms with Crippen LogP contribution < -0.4 is 11.1 Å². The summed E-state index contributed by atoms with van der Waals surface area (Å²) >= 11 is 0. The van der Waals surface area contributed by atoms with Crippen LogP contribution in [0.1, 0.15) is 43.2 Å². The van der Waals surface area contributed by atoms with E-state index in [1.807, 2.05) is 0 Å². The van der Waals surface area contributed by atoms with Gasteiger partial charge in [-0.05, 0) is 74.6 Å². The number of nitrogens with zero attached hydrogens (tertiary/aromatic N) is 2. The molecule has 0 bridgehead atoms. The number of nitrogens with two attached hydrogens (primary N) is 1. The number of nitrogens with one attached hydrogen (secondary N) is 1. The van der Waals surface area contributed by atoms with Gasteiger partial charge in [0.05, 0.1) is 0 Å². The number of likely N-dealkylation sites (tertiary alicyclic amines) is 1. The molecule has 4 nitrogen and oxygen atoms in total. The summed E-state index contributed by atoms with van der Waals surface area (Å²) < 4.78 is 0. The van der Waals surface area contributed by atoms with Crippen LogP contribution in [0.15, 0.2) is 23.2 Å². The predicted octanol–water partition coefficient (Wildman–Crippen LogP) is 2.78. The number of hydrogen-bond donors (Lipinski definition) is 2. The van der Waals surface area contributed by atoms with Crippen LogP contribution in [0.4, 0.5) is 5.69 Å². The van der Waals surface area contributed by atoms with Crippen LogP contribution in [0.3, 0.4) is 0 Å². The number of aliphatic imine (C=N–C) groups is 1. The van der Waals surface area contributed by atoms with Gasteiger partial charge < -0.3 is 16.0 Å². The standard InChI is InChI=1S/C19H28N4/c20-19(21-12-14-10-11-23(13-14)16-8-9-16)22-18-7-3-5-15-4-1-2-6-17(15)18/h3,5,7,14,16H,1-2,4,6,8-13H2,(H3,20,21,22). The van der Waals surface area contributed by atoms with Crippen molar-refractivity contribution >= 4 is 11.6 Å². The van der Waals surface area contributed by atoms with Crippen molar-refractivity contribution in [3.63, 3.8) is 0 Å². The van der Waals surface area contributed by atoms with Crippen LogP contribution in [-0.2, 0) is 12.8 Å². The van der Waals surface area contributed by atoms with E-state index in [0.717, 1.165) is 24.7 Å². The minimum Gasteiger partial charge on any atom is -0.370 e. The summed E-state index contributed by atoms with van der Waals surface area (Å²) in [6.45, 7) is 3.32. The van der Waals surface area contributed by atoms with Gasteiger partial charge in [0, 0.05) is 24.8 Å². The van der Waals surface area contributed by atoms with Gasteiger partial charge in [-0.25, -0.2) is 0 Å². The van der Waals surface area contributed by atoms with Gasteiger partial charge in [-0.3, -0.25) is 4.99 Å². The quantitative estimate of drug-likeness (QED) is 0.664. The van der Waals surface area contributed by atoms with Crippen LogP contribution >= 0.6 is 0 Å². The second kappa shape index (κ2) is 6.52. The van der Waals surface area contributed by atoms with Crippen molar-refractivity contribution in [2.24, 2.45) is 16.6 Å². The van der Waals surface area contributed by atoms with E-state index in [4.69, 9.17) is 5.73 Å². The van der Waals surface area contributed by atoms with Crippen molar-refractivity contribution in [2.75, 3.05) is 25.0 Å². The average molecular weight is 312 g/mol. The Morgan fingerprint density at radius 1 is 1.22 bits per heavy atom. The van der Waals surface area contributed by atoms with Crippen LogP contribution in [0, 0.1) is 5.92 Å².